The van der Waals surface area contributed by atoms with E-state index < -0.39 is 17.1 Å². The smallest absolute Gasteiger partial charge is 0.294 e. The first kappa shape index (κ1) is 17.9. The third-order valence-electron chi connectivity index (χ3n) is 3.85. The number of carbonyl (C=O) groups is 3. The molecule has 0 bridgehead atoms. The Morgan fingerprint density at radius 3 is 2.65 bits per heavy atom. The Hall–Kier alpha value is -2.93. The van der Waals surface area contributed by atoms with Gasteiger partial charge in [0, 0.05) is 18.1 Å². The summed E-state index contributed by atoms with van der Waals surface area (Å²) in [6.07, 6.45) is 4.83. The van der Waals surface area contributed by atoms with Crippen LogP contribution in [0, 0.1) is 13.8 Å². The van der Waals surface area contributed by atoms with Crippen molar-refractivity contribution in [3.63, 3.8) is 0 Å². The van der Waals surface area contributed by atoms with Gasteiger partial charge in [-0.05, 0) is 66.6 Å². The van der Waals surface area contributed by atoms with Gasteiger partial charge in [0.2, 0.25) is 5.91 Å². The number of thioether (sulfide) groups is 1. The molecule has 1 aliphatic rings. The number of pyridine rings is 1. The molecule has 1 aliphatic heterocycles. The molecule has 1 fully saturated rings. The summed E-state index contributed by atoms with van der Waals surface area (Å²) in [6.45, 7) is 3.49. The molecular formula is C19H17N3O3S. The Morgan fingerprint density at radius 2 is 1.92 bits per heavy atom. The maximum Gasteiger partial charge on any atom is 0.294 e. The van der Waals surface area contributed by atoms with E-state index in [1.165, 1.54) is 0 Å². The maximum atomic E-state index is 12.4. The molecule has 1 aromatic heterocycles. The summed E-state index contributed by atoms with van der Waals surface area (Å²) in [4.78, 5) is 42.0. The van der Waals surface area contributed by atoms with E-state index >= 15 is 0 Å². The number of nitrogens with one attached hydrogen (secondary N) is 1. The Labute approximate surface area is 155 Å². The summed E-state index contributed by atoms with van der Waals surface area (Å²) in [5.74, 6) is -0.876. The van der Waals surface area contributed by atoms with Gasteiger partial charge in [-0.2, -0.15) is 0 Å². The zero-order valence-corrected chi connectivity index (χ0v) is 15.2. The Kier molecular flexibility index (Phi) is 5.18. The van der Waals surface area contributed by atoms with Crippen LogP contribution in [0.3, 0.4) is 0 Å². The molecule has 6 nitrogen and oxygen atoms in total. The van der Waals surface area contributed by atoms with Crippen LogP contribution in [0.2, 0.25) is 0 Å². The van der Waals surface area contributed by atoms with E-state index in [-0.39, 0.29) is 6.54 Å². The fourth-order valence-electron chi connectivity index (χ4n) is 2.45. The van der Waals surface area contributed by atoms with Gasteiger partial charge in [-0.3, -0.25) is 24.3 Å². The quantitative estimate of drug-likeness (QED) is 0.838. The van der Waals surface area contributed by atoms with E-state index in [9.17, 15) is 14.4 Å². The fourth-order valence-corrected chi connectivity index (χ4v) is 3.29. The van der Waals surface area contributed by atoms with Crippen LogP contribution in [0.25, 0.3) is 6.08 Å². The van der Waals surface area contributed by atoms with Gasteiger partial charge in [0.25, 0.3) is 11.1 Å². The van der Waals surface area contributed by atoms with E-state index in [2.05, 4.69) is 10.3 Å². The molecular weight excluding hydrogens is 350 g/mol. The second-order valence-corrected chi connectivity index (χ2v) is 6.91. The summed E-state index contributed by atoms with van der Waals surface area (Å²) in [6, 6.07) is 9.18. The summed E-state index contributed by atoms with van der Waals surface area (Å²) in [5.41, 5.74) is 3.37. The highest BCUT2D eigenvalue weighted by Gasteiger charge is 2.36. The molecule has 2 heterocycles. The van der Waals surface area contributed by atoms with E-state index in [4.69, 9.17) is 0 Å². The zero-order chi connectivity index (χ0) is 18.7. The molecule has 26 heavy (non-hydrogen) atoms. The molecule has 0 atom stereocenters. The monoisotopic (exact) mass is 367 g/mol. The molecule has 0 unspecified atom stereocenters. The predicted octanol–water partition coefficient (Wildman–Crippen LogP) is 3.37. The normalized spacial score (nSPS) is 15.6. The fraction of sp³-hybridized carbons (Fsp3) is 0.158. The number of aromatic nitrogens is 1. The van der Waals surface area contributed by atoms with Crippen LogP contribution in [-0.4, -0.2) is 33.5 Å². The van der Waals surface area contributed by atoms with Crippen molar-refractivity contribution in [2.24, 2.45) is 0 Å². The lowest BCUT2D eigenvalue weighted by Crippen LogP contribution is -2.36. The molecule has 0 saturated carbocycles. The van der Waals surface area contributed by atoms with Crippen LogP contribution in [0.15, 0.2) is 47.6 Å². The Morgan fingerprint density at radius 1 is 1.19 bits per heavy atom. The van der Waals surface area contributed by atoms with Gasteiger partial charge in [-0.1, -0.05) is 12.1 Å². The first-order valence-electron chi connectivity index (χ1n) is 7.96. The average Bonchev–Trinajstić information content (AvgIpc) is 2.86. The number of aryl methyl sites for hydroxylation is 2. The first-order valence-corrected chi connectivity index (χ1v) is 8.78. The van der Waals surface area contributed by atoms with E-state index in [1.54, 1.807) is 30.6 Å². The van der Waals surface area contributed by atoms with Crippen molar-refractivity contribution in [2.45, 2.75) is 13.8 Å². The molecule has 1 aromatic carbocycles. The van der Waals surface area contributed by atoms with Gasteiger partial charge in [0.15, 0.2) is 0 Å². The lowest BCUT2D eigenvalue weighted by Gasteiger charge is -2.14. The molecule has 2 aromatic rings. The van der Waals surface area contributed by atoms with Crippen molar-refractivity contribution in [3.05, 3.63) is 64.3 Å². The Balaban J connectivity index is 1.70. The van der Waals surface area contributed by atoms with Crippen LogP contribution < -0.4 is 5.32 Å². The van der Waals surface area contributed by atoms with Gasteiger partial charge >= 0.3 is 0 Å². The van der Waals surface area contributed by atoms with Crippen molar-refractivity contribution in [1.82, 2.24) is 9.88 Å². The topological polar surface area (TPSA) is 79.4 Å². The summed E-state index contributed by atoms with van der Waals surface area (Å²) in [5, 5.41) is 2.31. The van der Waals surface area contributed by atoms with E-state index in [0.29, 0.717) is 10.6 Å². The minimum absolute atomic E-state index is 0.292. The third kappa shape index (κ3) is 4.00. The lowest BCUT2D eigenvalue weighted by molar-refractivity contribution is -0.127. The second-order valence-electron chi connectivity index (χ2n) is 5.91. The number of carbonyl (C=O) groups excluding carboxylic acids is 3. The second kappa shape index (κ2) is 7.53. The van der Waals surface area contributed by atoms with Crippen LogP contribution in [0.5, 0.6) is 0 Å². The summed E-state index contributed by atoms with van der Waals surface area (Å²) < 4.78 is 0. The van der Waals surface area contributed by atoms with Crippen molar-refractivity contribution in [2.75, 3.05) is 11.9 Å². The number of nitrogens with zero attached hydrogens (tertiary/aromatic N) is 2. The molecule has 0 radical (unpaired) electrons. The van der Waals surface area contributed by atoms with Crippen LogP contribution in [-0.2, 0) is 9.59 Å². The van der Waals surface area contributed by atoms with Crippen molar-refractivity contribution in [1.29, 1.82) is 0 Å². The highest BCUT2D eigenvalue weighted by atomic mass is 32.2. The molecule has 7 heteroatoms. The minimum Gasteiger partial charge on any atom is -0.324 e. The van der Waals surface area contributed by atoms with Gasteiger partial charge in [0.1, 0.15) is 6.54 Å². The SMILES string of the molecule is Cc1ccc(C)c(NC(=O)CN2C(=O)S/C(=C/c3ccncc3)C2=O)c1. The lowest BCUT2D eigenvalue weighted by atomic mass is 10.1. The van der Waals surface area contributed by atoms with Gasteiger partial charge in [-0.15, -0.1) is 0 Å². The average molecular weight is 367 g/mol. The number of amides is 3. The summed E-state index contributed by atoms with van der Waals surface area (Å²) >= 11 is 0.829. The molecule has 3 amide bonds. The highest BCUT2D eigenvalue weighted by Crippen LogP contribution is 2.32. The van der Waals surface area contributed by atoms with E-state index in [1.807, 2.05) is 32.0 Å². The van der Waals surface area contributed by atoms with Crippen molar-refractivity contribution in [3.8, 4) is 0 Å². The first-order chi connectivity index (χ1) is 12.4. The Bertz CT molecular complexity index is 910. The van der Waals surface area contributed by atoms with E-state index in [0.717, 1.165) is 33.4 Å². The third-order valence-corrected chi connectivity index (χ3v) is 4.75. The molecule has 1 N–H and O–H groups in total. The van der Waals surface area contributed by atoms with Gasteiger partial charge in [-0.25, -0.2) is 0 Å². The standard InChI is InChI=1S/C19H17N3O3S/c1-12-3-4-13(2)15(9-12)21-17(23)11-22-18(24)16(26-19(22)25)10-14-5-7-20-8-6-14/h3-10H,11H2,1-2H3,(H,21,23)/b16-10+. The number of rotatable bonds is 4. The zero-order valence-electron chi connectivity index (χ0n) is 14.4. The maximum absolute atomic E-state index is 12.4. The number of benzene rings is 1. The molecule has 0 spiro atoms. The van der Waals surface area contributed by atoms with Crippen molar-refractivity contribution < 1.29 is 14.4 Å². The molecule has 3 rings (SSSR count). The highest BCUT2D eigenvalue weighted by molar-refractivity contribution is 8.18. The predicted molar refractivity (Wildman–Crippen MR) is 101 cm³/mol. The molecule has 1 saturated heterocycles. The number of imide groups is 1. The molecule has 132 valence electrons. The number of anilines is 1. The van der Waals surface area contributed by atoms with Crippen LogP contribution in [0.1, 0.15) is 16.7 Å². The minimum atomic E-state index is -0.465. The number of hydrogen-bond acceptors (Lipinski definition) is 5. The van der Waals surface area contributed by atoms with Crippen LogP contribution in [0.4, 0.5) is 10.5 Å². The number of hydrogen-bond donors (Lipinski definition) is 1. The van der Waals surface area contributed by atoms with Gasteiger partial charge < -0.3 is 5.32 Å². The molecule has 0 aliphatic carbocycles. The summed E-state index contributed by atoms with van der Waals surface area (Å²) in [7, 11) is 0. The largest absolute Gasteiger partial charge is 0.324 e. The van der Waals surface area contributed by atoms with Crippen molar-refractivity contribution >= 4 is 40.6 Å². The van der Waals surface area contributed by atoms with Crippen LogP contribution >= 0.6 is 11.8 Å². The van der Waals surface area contributed by atoms with Gasteiger partial charge in [0.05, 0.1) is 4.91 Å².